The number of nitrogens with zero attached hydrogens (tertiary/aromatic N) is 7. The van der Waals surface area contributed by atoms with Crippen molar-refractivity contribution in [3.63, 3.8) is 0 Å². The number of aliphatic hydroxyl groups is 1. The van der Waals surface area contributed by atoms with Gasteiger partial charge >= 0.3 is 0 Å². The lowest BCUT2D eigenvalue weighted by Crippen LogP contribution is -2.38. The van der Waals surface area contributed by atoms with Crippen molar-refractivity contribution in [3.05, 3.63) is 292 Å². The number of carbonyl (C=O) groups excluding carboxylic acids is 3. The molecule has 6 aromatic carbocycles. The molecular weight excluding hydrogens is 1900 g/mol. The summed E-state index contributed by atoms with van der Waals surface area (Å²) in [5.41, 5.74) is 9.98. The first-order valence-electron chi connectivity index (χ1n) is 45.4. The predicted octanol–water partition coefficient (Wildman–Crippen LogP) is 19.0. The molecule has 0 bridgehead atoms. The number of aryl methyl sites for hydroxylation is 7. The van der Waals surface area contributed by atoms with Crippen LogP contribution < -0.4 is 43.0 Å². The largest absolute Gasteiger partial charge is 0.497 e. The fraction of sp³-hybridized carbons (Fsp3) is 0.327. The number of thiocarbonyl (C=S) groups is 1. The van der Waals surface area contributed by atoms with E-state index < -0.39 is 25.8 Å². The van der Waals surface area contributed by atoms with Gasteiger partial charge in [0.1, 0.15) is 64.3 Å². The van der Waals surface area contributed by atoms with E-state index in [9.17, 15) is 36.3 Å². The maximum atomic E-state index is 12.9. The average molecular weight is 2020 g/mol. The van der Waals surface area contributed by atoms with E-state index >= 15 is 0 Å². The van der Waals surface area contributed by atoms with Gasteiger partial charge in [0, 0.05) is 167 Å². The van der Waals surface area contributed by atoms with Crippen LogP contribution in [-0.2, 0) is 68.0 Å². The Labute approximate surface area is 831 Å². The first-order valence-corrected chi connectivity index (χ1v) is 53.3. The molecule has 10 aromatic heterocycles. The van der Waals surface area contributed by atoms with Crippen LogP contribution in [0.2, 0.25) is 0 Å². The minimum Gasteiger partial charge on any atom is -0.497 e. The number of benzene rings is 6. The summed E-state index contributed by atoms with van der Waals surface area (Å²) in [5.74, 6) is 4.68. The average Bonchev–Trinajstić information content (AvgIpc) is 1.67. The molecule has 0 aliphatic carbocycles. The zero-order valence-corrected chi connectivity index (χ0v) is 86.3. The highest BCUT2D eigenvalue weighted by Gasteiger charge is 2.30. The summed E-state index contributed by atoms with van der Waals surface area (Å²) in [6.45, 7) is 26.7. The minimum atomic E-state index is -3.67. The highest BCUT2D eigenvalue weighted by molar-refractivity contribution is 7.88. The summed E-state index contributed by atoms with van der Waals surface area (Å²) in [6.07, 6.45) is 3.38. The SMILES string of the molecule is COc1ccc(C(=O)c2cc3cc(C)n(CCCCNS(C)(=O)=O)c3s2)cc1.COc1ccc(C(=O)c2cc3cc(C)n(CCCNS(N)(=O)=O)c3s2)cc1.COc1ccc(C(=S)c2cc3cc(C)n(CCN4CCOCC4)c3s2)cc1.COc1ccc(C(C)(O)c2cc3cc(C)n(CCN4CCOCC4)c3s2)cc1.COc1ccc(Cn2c(C)cc3cc(C(=O)c4ccc(OC)cc4)sc32)cc1. The fourth-order valence-electron chi connectivity index (χ4n) is 16.6. The number of ketones is 3. The molecule has 2 aliphatic rings. The maximum absolute atomic E-state index is 12.9. The molecule has 138 heavy (non-hydrogen) atoms. The number of rotatable bonds is 35. The van der Waals surface area contributed by atoms with Gasteiger partial charge < -0.3 is 65.8 Å². The number of thiophene rings is 5. The lowest BCUT2D eigenvalue weighted by atomic mass is 9.94. The van der Waals surface area contributed by atoms with Gasteiger partial charge in [-0.1, -0.05) is 36.5 Å². The Balaban J connectivity index is 0.000000138. The number of carbonyl (C=O) groups is 3. The molecule has 12 heterocycles. The number of aromatic nitrogens is 5. The molecule has 0 amide bonds. The third kappa shape index (κ3) is 26.0. The molecule has 2 aliphatic heterocycles. The van der Waals surface area contributed by atoms with E-state index in [0.717, 1.165) is 206 Å². The Hall–Kier alpha value is -11.0. The fourth-order valence-corrected chi connectivity index (χ4v) is 23.9. The molecule has 18 rings (SSSR count). The molecular formula is C104H118N10O16S8. The van der Waals surface area contributed by atoms with Crippen LogP contribution in [0.4, 0.5) is 0 Å². The van der Waals surface area contributed by atoms with Crippen LogP contribution >= 0.6 is 68.9 Å². The second kappa shape index (κ2) is 46.8. The molecule has 0 radical (unpaired) electrons. The van der Waals surface area contributed by atoms with Crippen molar-refractivity contribution in [3.8, 4) is 34.5 Å². The third-order valence-electron chi connectivity index (χ3n) is 24.3. The number of methoxy groups -OCH3 is 6. The maximum Gasteiger partial charge on any atom is 0.274 e. The number of fused-ring (bicyclic) bond motifs is 5. The number of sulfonamides is 1. The Kier molecular flexibility index (Phi) is 34.9. The van der Waals surface area contributed by atoms with Gasteiger partial charge in [-0.25, -0.2) is 23.0 Å². The number of morpholine rings is 2. The minimum absolute atomic E-state index is 0.00501. The number of nitrogens with two attached hydrogens (primary N) is 1. The summed E-state index contributed by atoms with van der Waals surface area (Å²) < 4.78 is 102. The third-order valence-corrected chi connectivity index (χ3v) is 32.3. The van der Waals surface area contributed by atoms with Gasteiger partial charge in [-0.05, 0) is 259 Å². The molecule has 34 heteroatoms. The zero-order valence-electron chi connectivity index (χ0n) is 79.8. The molecule has 5 N–H and O–H groups in total. The summed E-state index contributed by atoms with van der Waals surface area (Å²) in [4.78, 5) is 54.2. The summed E-state index contributed by atoms with van der Waals surface area (Å²) in [5, 5.41) is 21.9. The normalized spacial score (nSPS) is 13.5. The monoisotopic (exact) mass is 2020 g/mol. The molecule has 1 unspecified atom stereocenters. The Morgan fingerprint density at radius 2 is 0.696 bits per heavy atom. The van der Waals surface area contributed by atoms with Gasteiger partial charge in [0.2, 0.25) is 27.4 Å². The molecule has 2 saturated heterocycles. The van der Waals surface area contributed by atoms with E-state index in [1.54, 1.807) is 125 Å². The van der Waals surface area contributed by atoms with Crippen LogP contribution in [0.15, 0.2) is 206 Å². The molecule has 1 atom stereocenters. The van der Waals surface area contributed by atoms with E-state index in [4.69, 9.17) is 55.3 Å². The molecule has 728 valence electrons. The van der Waals surface area contributed by atoms with E-state index in [0.29, 0.717) is 51.7 Å². The lowest BCUT2D eigenvalue weighted by molar-refractivity contribution is 0.0364. The summed E-state index contributed by atoms with van der Waals surface area (Å²) >= 11 is 13.7. The van der Waals surface area contributed by atoms with Crippen molar-refractivity contribution in [2.45, 2.75) is 99.1 Å². The van der Waals surface area contributed by atoms with Crippen molar-refractivity contribution < 1.29 is 74.2 Å². The smallest absolute Gasteiger partial charge is 0.274 e. The zero-order chi connectivity index (χ0) is 98.1. The van der Waals surface area contributed by atoms with E-state index in [-0.39, 0.29) is 23.9 Å². The molecule has 2 fully saturated rings. The van der Waals surface area contributed by atoms with E-state index in [2.05, 4.69) is 111 Å². The van der Waals surface area contributed by atoms with Crippen LogP contribution in [-0.4, -0.2) is 204 Å². The predicted molar refractivity (Wildman–Crippen MR) is 562 cm³/mol. The number of hydrogen-bond acceptors (Lipinski definition) is 24. The van der Waals surface area contributed by atoms with Gasteiger partial charge in [-0.3, -0.25) is 24.2 Å². The van der Waals surface area contributed by atoms with Crippen molar-refractivity contribution in [2.75, 3.05) is 128 Å². The van der Waals surface area contributed by atoms with Crippen molar-refractivity contribution in [1.29, 1.82) is 0 Å². The lowest BCUT2D eigenvalue weighted by Gasteiger charge is -2.27. The number of ether oxygens (including phenoxy) is 8. The van der Waals surface area contributed by atoms with Crippen molar-refractivity contribution in [2.24, 2.45) is 5.14 Å². The standard InChI is InChI=1S/C23H21NO3S.C22H28N2O3S.C21H24N2O2S2.C20H24N2O4S2.C18H21N3O4S2/c1-15-12-18-13-21(22(25)17-6-10-20(27-3)11-7-17)28-23(18)24(15)14-16-4-8-19(26-2)9-5-16;1-16-14-17-15-20(22(2,25)18-4-6-19(26-3)7-5-18)28-21(17)24(16)9-8-23-10-12-27-13-11-23;1-15-13-17-14-19(20(26)16-3-5-18(24-2)6-4-16)27-21(17)23(15)8-7-22-9-11-25-12-10-22;1-14-12-16-13-18(19(23)15-6-8-17(26-2)9-7-15)27-20(16)22(14)11-5-4-10-21-28(3,24)25;1-12-10-14-11-16(17(22)13-4-6-15(25-2)7-5-13)26-18(14)21(12)9-3-8-20-27(19,23)24/h4-13H,14H2,1-3H3;4-7,14-15,25H,8-13H2,1-3H3;3-6,13-14H,7-12H2,1-2H3;6-9,12-13,21H,4-5,10-11H2,1-3H3;4-7,10-11,20H,3,8-9H2,1-2H3,(H2,19,23,24). The highest BCUT2D eigenvalue weighted by atomic mass is 32.2. The van der Waals surface area contributed by atoms with Crippen LogP contribution in [0, 0.1) is 34.6 Å². The van der Waals surface area contributed by atoms with Crippen molar-refractivity contribution >= 4 is 162 Å². The quantitative estimate of drug-likeness (QED) is 0.0163. The molecule has 0 spiro atoms. The van der Waals surface area contributed by atoms with Gasteiger partial charge in [-0.2, -0.15) is 8.42 Å². The van der Waals surface area contributed by atoms with Gasteiger partial charge in [-0.15, -0.1) is 56.7 Å². The first kappa shape index (κ1) is 103. The van der Waals surface area contributed by atoms with E-state index in [1.165, 1.54) is 72.0 Å². The van der Waals surface area contributed by atoms with Gasteiger partial charge in [0.15, 0.2) is 0 Å². The number of hydrogen-bond donors (Lipinski definition) is 4. The second-order valence-corrected chi connectivity index (χ2v) is 42.7. The Morgan fingerprint density at radius 3 is 1.07 bits per heavy atom. The van der Waals surface area contributed by atoms with Crippen LogP contribution in [0.3, 0.4) is 0 Å². The Bertz CT molecular complexity index is 7110. The van der Waals surface area contributed by atoms with Crippen molar-refractivity contribution in [1.82, 2.24) is 42.1 Å². The molecule has 0 saturated carbocycles. The van der Waals surface area contributed by atoms with Crippen LogP contribution in [0.5, 0.6) is 34.5 Å². The molecule has 26 nitrogen and oxygen atoms in total. The van der Waals surface area contributed by atoms with Crippen LogP contribution in [0.25, 0.3) is 51.1 Å². The summed E-state index contributed by atoms with van der Waals surface area (Å²) in [7, 11) is 2.99. The van der Waals surface area contributed by atoms with E-state index in [1.807, 2.05) is 130 Å². The topological polar surface area (TPSA) is 295 Å². The second-order valence-electron chi connectivity index (χ2n) is 33.9. The summed E-state index contributed by atoms with van der Waals surface area (Å²) in [6, 6.07) is 66.1. The van der Waals surface area contributed by atoms with Crippen LogP contribution in [0.1, 0.15) is 127 Å². The van der Waals surface area contributed by atoms with Gasteiger partial charge in [0.05, 0.1) is 94.8 Å². The number of nitrogens with one attached hydrogen (secondary N) is 2. The number of unbranched alkanes of at least 4 members (excludes halogenated alkanes) is 1. The first-order chi connectivity index (χ1) is 66.3. The van der Waals surface area contributed by atoms with Gasteiger partial charge in [0.25, 0.3) is 10.2 Å². The molecule has 16 aromatic rings. The highest BCUT2D eigenvalue weighted by Crippen LogP contribution is 2.41. The Morgan fingerprint density at radius 1 is 0.391 bits per heavy atom.